The Bertz CT molecular complexity index is 347. The van der Waals surface area contributed by atoms with Crippen molar-refractivity contribution in [3.63, 3.8) is 0 Å². The van der Waals surface area contributed by atoms with E-state index in [1.165, 1.54) is 5.01 Å². The fraction of sp³-hybridized carbons (Fsp3) is 0.600. The fourth-order valence-corrected chi connectivity index (χ4v) is 2.68. The molecule has 0 aliphatic carbocycles. The van der Waals surface area contributed by atoms with Gasteiger partial charge in [-0.05, 0) is 0 Å². The second-order valence-corrected chi connectivity index (χ2v) is 4.34. The Morgan fingerprint density at radius 2 is 1.60 bits per heavy atom. The van der Waals surface area contributed by atoms with Crippen LogP contribution in [0.15, 0.2) is 12.2 Å². The molecule has 0 saturated carbocycles. The average molecular weight is 208 g/mol. The highest BCUT2D eigenvalue weighted by Gasteiger charge is 2.61. The molecule has 2 fully saturated rings. The lowest BCUT2D eigenvalue weighted by atomic mass is 9.85. The predicted molar refractivity (Wildman–Crippen MR) is 50.3 cm³/mol. The molecule has 0 unspecified atom stereocenters. The summed E-state index contributed by atoms with van der Waals surface area (Å²) in [6.45, 7) is 0. The lowest BCUT2D eigenvalue weighted by Crippen LogP contribution is -2.43. The summed E-state index contributed by atoms with van der Waals surface area (Å²) in [6.07, 6.45) is 3.38. The molecule has 0 aromatic carbocycles. The van der Waals surface area contributed by atoms with Crippen LogP contribution in [0, 0.1) is 11.8 Å². The molecule has 0 spiro atoms. The first-order valence-corrected chi connectivity index (χ1v) is 5.00. The maximum atomic E-state index is 12.0. The van der Waals surface area contributed by atoms with Crippen LogP contribution in [0.2, 0.25) is 0 Å². The number of nitrogens with zero attached hydrogens (tertiary/aromatic N) is 2. The summed E-state index contributed by atoms with van der Waals surface area (Å²) >= 11 is 0. The molecule has 5 heteroatoms. The molecule has 0 aromatic rings. The topological polar surface area (TPSA) is 49.9 Å². The van der Waals surface area contributed by atoms with Crippen LogP contribution < -0.4 is 0 Å². The molecule has 3 rings (SSSR count). The molecular weight excluding hydrogens is 196 g/mol. The molecule has 3 aliphatic rings. The Labute approximate surface area is 87.2 Å². The molecular formula is C10H12N2O3. The minimum absolute atomic E-state index is 0.133. The monoisotopic (exact) mass is 208 g/mol. The number of hydrogen-bond acceptors (Lipinski definition) is 4. The third kappa shape index (κ3) is 0.943. The number of amides is 2. The van der Waals surface area contributed by atoms with Crippen molar-refractivity contribution in [2.75, 3.05) is 14.1 Å². The van der Waals surface area contributed by atoms with Gasteiger partial charge in [-0.25, -0.2) is 10.0 Å². The molecule has 2 bridgehead atoms. The lowest BCUT2D eigenvalue weighted by molar-refractivity contribution is -0.157. The van der Waals surface area contributed by atoms with E-state index in [4.69, 9.17) is 4.74 Å². The van der Waals surface area contributed by atoms with Crippen molar-refractivity contribution in [1.82, 2.24) is 10.0 Å². The fourth-order valence-electron chi connectivity index (χ4n) is 2.68. The third-order valence-electron chi connectivity index (χ3n) is 3.29. The predicted octanol–water partition coefficient (Wildman–Crippen LogP) is -0.599. The van der Waals surface area contributed by atoms with Crippen molar-refractivity contribution in [3.05, 3.63) is 12.2 Å². The zero-order chi connectivity index (χ0) is 10.7. The summed E-state index contributed by atoms with van der Waals surface area (Å²) in [4.78, 5) is 24.0. The van der Waals surface area contributed by atoms with Gasteiger partial charge in [-0.3, -0.25) is 9.59 Å². The molecule has 2 saturated heterocycles. The van der Waals surface area contributed by atoms with Crippen LogP contribution in [0.25, 0.3) is 0 Å². The van der Waals surface area contributed by atoms with Gasteiger partial charge in [0, 0.05) is 14.1 Å². The first-order chi connectivity index (χ1) is 7.11. The van der Waals surface area contributed by atoms with Crippen molar-refractivity contribution in [3.8, 4) is 0 Å². The number of carbonyl (C=O) groups excluding carboxylic acids is 2. The second kappa shape index (κ2) is 2.68. The summed E-state index contributed by atoms with van der Waals surface area (Å²) in [5, 5.41) is 2.77. The van der Waals surface area contributed by atoms with Crippen LogP contribution in [0.5, 0.6) is 0 Å². The SMILES string of the molecule is CN(C)N1C(=O)[C@@H]2[C@@H](C1=O)[C@@H]1C=C[C@@H]2O1. The van der Waals surface area contributed by atoms with Crippen LogP contribution in [0.4, 0.5) is 0 Å². The van der Waals surface area contributed by atoms with Gasteiger partial charge >= 0.3 is 0 Å². The van der Waals surface area contributed by atoms with Crippen LogP contribution in [0.3, 0.4) is 0 Å². The lowest BCUT2D eigenvalue weighted by Gasteiger charge is -2.23. The number of carbonyl (C=O) groups is 2. The molecule has 15 heavy (non-hydrogen) atoms. The van der Waals surface area contributed by atoms with E-state index in [9.17, 15) is 9.59 Å². The molecule has 0 N–H and O–H groups in total. The smallest absolute Gasteiger partial charge is 0.250 e. The van der Waals surface area contributed by atoms with Crippen molar-refractivity contribution < 1.29 is 14.3 Å². The number of rotatable bonds is 1. The molecule has 0 radical (unpaired) electrons. The van der Waals surface area contributed by atoms with Crippen LogP contribution in [-0.4, -0.2) is 48.1 Å². The van der Waals surface area contributed by atoms with Gasteiger partial charge in [0.05, 0.1) is 24.0 Å². The molecule has 0 aromatic heterocycles. The first-order valence-electron chi connectivity index (χ1n) is 5.00. The highest BCUT2D eigenvalue weighted by atomic mass is 16.5. The summed E-state index contributed by atoms with van der Waals surface area (Å²) in [5.41, 5.74) is 0. The van der Waals surface area contributed by atoms with E-state index < -0.39 is 0 Å². The van der Waals surface area contributed by atoms with Crippen molar-refractivity contribution >= 4 is 11.8 Å². The van der Waals surface area contributed by atoms with Gasteiger partial charge in [-0.15, -0.1) is 0 Å². The van der Waals surface area contributed by atoms with Gasteiger partial charge in [0.15, 0.2) is 0 Å². The molecule has 80 valence electrons. The first kappa shape index (κ1) is 9.06. The highest BCUT2D eigenvalue weighted by Crippen LogP contribution is 2.45. The Hall–Kier alpha value is -1.20. The minimum atomic E-state index is -0.296. The Kier molecular flexibility index (Phi) is 1.62. The third-order valence-corrected chi connectivity index (χ3v) is 3.29. The molecule has 3 heterocycles. The van der Waals surface area contributed by atoms with E-state index in [2.05, 4.69) is 0 Å². The largest absolute Gasteiger partial charge is 0.365 e. The van der Waals surface area contributed by atoms with Crippen LogP contribution in [0.1, 0.15) is 0 Å². The van der Waals surface area contributed by atoms with Gasteiger partial charge < -0.3 is 4.74 Å². The van der Waals surface area contributed by atoms with Crippen molar-refractivity contribution in [2.24, 2.45) is 11.8 Å². The average Bonchev–Trinajstić information content (AvgIpc) is 2.79. The number of hydrazine groups is 1. The standard InChI is InChI=1S/C10H12N2O3/c1-11(2)12-9(13)7-5-3-4-6(15-5)8(7)10(12)14/h3-8H,1-2H3/t5-,6-,7-,8-/m0/s1. The molecule has 2 amide bonds. The maximum Gasteiger partial charge on any atom is 0.250 e. The number of fused-ring (bicyclic) bond motifs is 5. The van der Waals surface area contributed by atoms with Gasteiger partial charge in [-0.2, -0.15) is 0 Å². The maximum absolute atomic E-state index is 12.0. The van der Waals surface area contributed by atoms with Crippen LogP contribution >= 0.6 is 0 Å². The Balaban J connectivity index is 2.00. The van der Waals surface area contributed by atoms with Gasteiger partial charge in [0.1, 0.15) is 0 Å². The molecule has 5 nitrogen and oxygen atoms in total. The molecule has 4 atom stereocenters. The van der Waals surface area contributed by atoms with Gasteiger partial charge in [0.25, 0.3) is 11.8 Å². The van der Waals surface area contributed by atoms with Gasteiger partial charge in [0.2, 0.25) is 0 Å². The normalized spacial score (nSPS) is 42.2. The van der Waals surface area contributed by atoms with E-state index in [1.54, 1.807) is 19.1 Å². The van der Waals surface area contributed by atoms with E-state index in [1.807, 2.05) is 12.2 Å². The summed E-state index contributed by atoms with van der Waals surface area (Å²) in [5.74, 6) is -0.858. The number of hydrogen-bond donors (Lipinski definition) is 0. The Morgan fingerprint density at radius 1 is 1.13 bits per heavy atom. The number of imide groups is 1. The van der Waals surface area contributed by atoms with E-state index in [-0.39, 0.29) is 35.9 Å². The van der Waals surface area contributed by atoms with Crippen molar-refractivity contribution in [2.45, 2.75) is 12.2 Å². The van der Waals surface area contributed by atoms with Crippen LogP contribution in [-0.2, 0) is 14.3 Å². The number of ether oxygens (including phenoxy) is 1. The zero-order valence-corrected chi connectivity index (χ0v) is 8.58. The van der Waals surface area contributed by atoms with Crippen molar-refractivity contribution in [1.29, 1.82) is 0 Å². The van der Waals surface area contributed by atoms with E-state index in [0.29, 0.717) is 0 Å². The molecule has 3 aliphatic heterocycles. The Morgan fingerprint density at radius 3 is 2.00 bits per heavy atom. The second-order valence-electron chi connectivity index (χ2n) is 4.34. The quantitative estimate of drug-likeness (QED) is 0.426. The van der Waals surface area contributed by atoms with E-state index in [0.717, 1.165) is 0 Å². The highest BCUT2D eigenvalue weighted by molar-refractivity contribution is 6.06. The zero-order valence-electron chi connectivity index (χ0n) is 8.58. The summed E-state index contributed by atoms with van der Waals surface area (Å²) < 4.78 is 5.51. The summed E-state index contributed by atoms with van der Waals surface area (Å²) in [7, 11) is 3.40. The minimum Gasteiger partial charge on any atom is -0.365 e. The van der Waals surface area contributed by atoms with Gasteiger partial charge in [-0.1, -0.05) is 12.2 Å². The summed E-state index contributed by atoms with van der Waals surface area (Å²) in [6, 6.07) is 0. The van der Waals surface area contributed by atoms with E-state index >= 15 is 0 Å².